The predicted molar refractivity (Wildman–Crippen MR) is 116 cm³/mol. The Morgan fingerprint density at radius 1 is 0.750 bits per heavy atom. The molecule has 3 atom stereocenters. The van der Waals surface area contributed by atoms with Gasteiger partial charge >= 0.3 is 11.9 Å². The molecule has 0 aromatic heterocycles. The van der Waals surface area contributed by atoms with Crippen LogP contribution in [0.15, 0.2) is 9.98 Å². The Kier molecular flexibility index (Phi) is 13.5. The average Bonchev–Trinajstić information content (AvgIpc) is 2.69. The highest BCUT2D eigenvalue weighted by Crippen LogP contribution is 2.05. The highest BCUT2D eigenvalue weighted by Gasteiger charge is 2.28. The fourth-order valence-corrected chi connectivity index (χ4v) is 2.50. The lowest BCUT2D eigenvalue weighted by Gasteiger charge is -2.22. The summed E-state index contributed by atoms with van der Waals surface area (Å²) in [5.74, 6) is -4.28. The van der Waals surface area contributed by atoms with Crippen LogP contribution in [0.5, 0.6) is 0 Å². The maximum absolute atomic E-state index is 12.6. The van der Waals surface area contributed by atoms with Gasteiger partial charge in [-0.3, -0.25) is 24.4 Å². The number of aliphatic carboxylic acids is 2. The number of rotatable bonds is 16. The molecule has 0 aromatic carbocycles. The van der Waals surface area contributed by atoms with Crippen molar-refractivity contribution >= 4 is 35.7 Å². The highest BCUT2D eigenvalue weighted by atomic mass is 16.4. The van der Waals surface area contributed by atoms with E-state index in [4.69, 9.17) is 33.8 Å². The number of aliphatic imine (C=N–C) groups is 2. The van der Waals surface area contributed by atoms with Crippen LogP contribution < -0.4 is 39.3 Å². The number of guanidine groups is 2. The van der Waals surface area contributed by atoms with Crippen molar-refractivity contribution in [2.45, 2.75) is 56.7 Å². The number of amides is 2. The van der Waals surface area contributed by atoms with Gasteiger partial charge in [0.05, 0.1) is 6.04 Å². The summed E-state index contributed by atoms with van der Waals surface area (Å²) in [6.45, 7) is 0.419. The summed E-state index contributed by atoms with van der Waals surface area (Å²) in [7, 11) is 0. The van der Waals surface area contributed by atoms with Gasteiger partial charge in [0, 0.05) is 19.5 Å². The molecule has 0 aliphatic rings. The van der Waals surface area contributed by atoms with Crippen molar-refractivity contribution in [1.29, 1.82) is 0 Å². The van der Waals surface area contributed by atoms with Gasteiger partial charge in [0.25, 0.3) is 0 Å². The van der Waals surface area contributed by atoms with E-state index >= 15 is 0 Å². The fraction of sp³-hybridized carbons (Fsp3) is 0.647. The highest BCUT2D eigenvalue weighted by molar-refractivity contribution is 5.92. The normalized spacial score (nSPS) is 13.2. The lowest BCUT2D eigenvalue weighted by molar-refractivity contribution is -0.143. The molecule has 0 saturated carbocycles. The van der Waals surface area contributed by atoms with E-state index in [2.05, 4.69) is 20.6 Å². The van der Waals surface area contributed by atoms with Gasteiger partial charge in [0.2, 0.25) is 11.8 Å². The summed E-state index contributed by atoms with van der Waals surface area (Å²) in [4.78, 5) is 54.7. The molecule has 2 amide bonds. The van der Waals surface area contributed by atoms with Gasteiger partial charge in [-0.1, -0.05) is 0 Å². The molecular weight excluding hydrogens is 426 g/mol. The van der Waals surface area contributed by atoms with E-state index < -0.39 is 48.3 Å². The van der Waals surface area contributed by atoms with Crippen molar-refractivity contribution in [3.05, 3.63) is 0 Å². The third kappa shape index (κ3) is 13.6. The maximum atomic E-state index is 12.6. The van der Waals surface area contributed by atoms with Gasteiger partial charge in [0.15, 0.2) is 11.9 Å². The Hall–Kier alpha value is -3.62. The van der Waals surface area contributed by atoms with E-state index in [0.29, 0.717) is 6.42 Å². The Morgan fingerprint density at radius 3 is 1.72 bits per heavy atom. The molecule has 0 heterocycles. The van der Waals surface area contributed by atoms with Crippen molar-refractivity contribution in [3.8, 4) is 0 Å². The first kappa shape index (κ1) is 28.4. The molecule has 182 valence electrons. The number of nitrogens with zero attached hydrogens (tertiary/aromatic N) is 2. The number of nitrogens with one attached hydrogen (secondary N) is 2. The summed E-state index contributed by atoms with van der Waals surface area (Å²) < 4.78 is 0. The third-order valence-electron chi connectivity index (χ3n) is 4.14. The fourth-order valence-electron chi connectivity index (χ4n) is 2.50. The van der Waals surface area contributed by atoms with E-state index in [1.54, 1.807) is 0 Å². The third-order valence-corrected chi connectivity index (χ3v) is 4.14. The lowest BCUT2D eigenvalue weighted by atomic mass is 10.1. The molecule has 14 N–H and O–H groups in total. The molecule has 32 heavy (non-hydrogen) atoms. The molecule has 0 rings (SSSR count). The number of carboxylic acid groups (broad SMARTS) is 2. The van der Waals surface area contributed by atoms with Crippen molar-refractivity contribution in [3.63, 3.8) is 0 Å². The smallest absolute Gasteiger partial charge is 0.326 e. The molecule has 0 aliphatic carbocycles. The molecular formula is C17H33N9O6. The molecule has 0 unspecified atom stereocenters. The van der Waals surface area contributed by atoms with Crippen LogP contribution in [0.2, 0.25) is 0 Å². The molecule has 0 aromatic rings. The minimum absolute atomic E-state index is 0.0156. The maximum Gasteiger partial charge on any atom is 0.326 e. The van der Waals surface area contributed by atoms with Gasteiger partial charge in [-0.05, 0) is 32.1 Å². The number of hydrogen-bond acceptors (Lipinski definition) is 7. The zero-order valence-electron chi connectivity index (χ0n) is 17.7. The lowest BCUT2D eigenvalue weighted by Crippen LogP contribution is -2.54. The number of carbonyl (C=O) groups is 4. The van der Waals surface area contributed by atoms with Crippen LogP contribution in [0.25, 0.3) is 0 Å². The van der Waals surface area contributed by atoms with Crippen molar-refractivity contribution in [1.82, 2.24) is 10.6 Å². The minimum Gasteiger partial charge on any atom is -0.481 e. The quantitative estimate of drug-likeness (QED) is 0.0615. The zero-order chi connectivity index (χ0) is 24.7. The summed E-state index contributed by atoms with van der Waals surface area (Å²) in [5, 5.41) is 22.9. The minimum atomic E-state index is -1.30. The molecule has 0 radical (unpaired) electrons. The largest absolute Gasteiger partial charge is 0.481 e. The summed E-state index contributed by atoms with van der Waals surface area (Å²) in [6, 6.07) is -3.57. The zero-order valence-corrected chi connectivity index (χ0v) is 17.7. The monoisotopic (exact) mass is 459 g/mol. The second kappa shape index (κ2) is 15.2. The topological polar surface area (TPSA) is 288 Å². The SMILES string of the molecule is NC(N)=NCCC[C@H](NC(=O)[C@@H](CCC(=O)O)NC(=O)[C@@H](N)CCCN=C(N)N)C(=O)O. The molecule has 0 aliphatic heterocycles. The molecule has 0 fully saturated rings. The predicted octanol–water partition coefficient (Wildman–Crippen LogP) is -3.66. The van der Waals surface area contributed by atoms with Gasteiger partial charge in [0.1, 0.15) is 12.1 Å². The second-order valence-electron chi connectivity index (χ2n) is 6.90. The van der Waals surface area contributed by atoms with Crippen LogP contribution in [-0.4, -0.2) is 77.1 Å². The summed E-state index contributed by atoms with van der Waals surface area (Å²) in [5.41, 5.74) is 26.6. The number of carboxylic acids is 2. The molecule has 0 spiro atoms. The Labute approximate surface area is 184 Å². The molecule has 0 bridgehead atoms. The number of carbonyl (C=O) groups excluding carboxylic acids is 2. The second-order valence-corrected chi connectivity index (χ2v) is 6.90. The summed E-state index contributed by atoms with van der Waals surface area (Å²) in [6.07, 6.45) is 0.200. The van der Waals surface area contributed by atoms with Gasteiger partial charge in [-0.25, -0.2) is 4.79 Å². The van der Waals surface area contributed by atoms with E-state index in [1.807, 2.05) is 0 Å². The van der Waals surface area contributed by atoms with Gasteiger partial charge in [-0.15, -0.1) is 0 Å². The van der Waals surface area contributed by atoms with Crippen LogP contribution in [0.3, 0.4) is 0 Å². The van der Waals surface area contributed by atoms with Crippen molar-refractivity contribution < 1.29 is 29.4 Å². The molecule has 15 heteroatoms. The van der Waals surface area contributed by atoms with E-state index in [9.17, 15) is 24.3 Å². The van der Waals surface area contributed by atoms with Crippen LogP contribution in [0, 0.1) is 0 Å². The van der Waals surface area contributed by atoms with Crippen molar-refractivity contribution in [2.75, 3.05) is 13.1 Å². The number of nitrogens with two attached hydrogens (primary N) is 5. The summed E-state index contributed by atoms with van der Waals surface area (Å²) >= 11 is 0. The van der Waals surface area contributed by atoms with Crippen LogP contribution in [-0.2, 0) is 19.2 Å². The van der Waals surface area contributed by atoms with Gasteiger partial charge in [-0.2, -0.15) is 0 Å². The van der Waals surface area contributed by atoms with Crippen LogP contribution in [0.4, 0.5) is 0 Å². The Balaban J connectivity index is 5.00. The van der Waals surface area contributed by atoms with E-state index in [1.165, 1.54) is 0 Å². The van der Waals surface area contributed by atoms with Crippen LogP contribution in [0.1, 0.15) is 38.5 Å². The van der Waals surface area contributed by atoms with E-state index in [0.717, 1.165) is 0 Å². The van der Waals surface area contributed by atoms with E-state index in [-0.39, 0.29) is 50.7 Å². The standard InChI is InChI=1S/C17H33N9O6/c18-9(3-1-7-23-16(19)20)13(29)25-10(5-6-12(27)28)14(30)26-11(15(31)32)4-2-8-24-17(21)22/h9-11H,1-8,18H2,(H,25,29)(H,26,30)(H,27,28)(H,31,32)(H4,19,20,23)(H4,21,22,24)/t9-,10+,11-/m0/s1. The van der Waals surface area contributed by atoms with Crippen molar-refractivity contribution in [2.24, 2.45) is 38.7 Å². The average molecular weight is 460 g/mol. The first-order valence-electron chi connectivity index (χ1n) is 9.85. The van der Waals surface area contributed by atoms with Crippen LogP contribution >= 0.6 is 0 Å². The number of hydrogen-bond donors (Lipinski definition) is 9. The Bertz CT molecular complexity index is 705. The van der Waals surface area contributed by atoms with Gasteiger partial charge < -0.3 is 49.5 Å². The first-order chi connectivity index (χ1) is 14.9. The molecule has 0 saturated heterocycles. The molecule has 15 nitrogen and oxygen atoms in total. The Morgan fingerprint density at radius 2 is 1.25 bits per heavy atom. The first-order valence-corrected chi connectivity index (χ1v) is 9.85.